The Balaban J connectivity index is 2.25. The zero-order chi connectivity index (χ0) is 20.7. The summed E-state index contributed by atoms with van der Waals surface area (Å²) < 4.78 is 26.9. The Morgan fingerprint density at radius 1 is 1.07 bits per heavy atom. The maximum absolute atomic E-state index is 12.4. The van der Waals surface area contributed by atoms with Gasteiger partial charge in [0.1, 0.15) is 6.04 Å². The summed E-state index contributed by atoms with van der Waals surface area (Å²) in [5.41, 5.74) is 1.89. The van der Waals surface area contributed by atoms with Gasteiger partial charge < -0.3 is 15.7 Å². The predicted octanol–water partition coefficient (Wildman–Crippen LogP) is 2.64. The van der Waals surface area contributed by atoms with E-state index in [0.717, 1.165) is 6.42 Å². The molecule has 2 aromatic rings. The van der Waals surface area contributed by atoms with Crippen molar-refractivity contribution in [3.63, 3.8) is 0 Å². The number of sulfonamides is 1. The summed E-state index contributed by atoms with van der Waals surface area (Å²) in [6, 6.07) is 11.6. The van der Waals surface area contributed by atoms with Gasteiger partial charge in [-0.2, -0.15) is 4.72 Å². The number of carbonyl (C=O) groups excluding carboxylic acids is 1. The van der Waals surface area contributed by atoms with Crippen LogP contribution in [0.4, 0.5) is 10.5 Å². The van der Waals surface area contributed by atoms with Gasteiger partial charge in [0.2, 0.25) is 10.0 Å². The third kappa shape index (κ3) is 5.80. The Morgan fingerprint density at radius 3 is 2.36 bits per heavy atom. The van der Waals surface area contributed by atoms with Crippen LogP contribution in [0.25, 0.3) is 11.1 Å². The summed E-state index contributed by atoms with van der Waals surface area (Å²) in [5, 5.41) is 14.3. The second-order valence-electron chi connectivity index (χ2n) is 6.17. The van der Waals surface area contributed by atoms with Crippen molar-refractivity contribution in [1.29, 1.82) is 0 Å². The van der Waals surface area contributed by atoms with Crippen molar-refractivity contribution in [2.45, 2.75) is 31.2 Å². The van der Waals surface area contributed by atoms with Crippen molar-refractivity contribution < 1.29 is 23.1 Å². The summed E-state index contributed by atoms with van der Waals surface area (Å²) in [6.07, 6.45) is 0.823. The van der Waals surface area contributed by atoms with E-state index in [1.165, 1.54) is 19.1 Å². The highest BCUT2D eigenvalue weighted by atomic mass is 32.2. The molecule has 2 aromatic carbocycles. The molecule has 0 aliphatic carbocycles. The first kappa shape index (κ1) is 21.4. The molecular formula is C19H23N3O5S. The number of anilines is 1. The van der Waals surface area contributed by atoms with Gasteiger partial charge in [-0.1, -0.05) is 31.2 Å². The van der Waals surface area contributed by atoms with Crippen molar-refractivity contribution in [1.82, 2.24) is 10.0 Å². The fourth-order valence-electron chi connectivity index (χ4n) is 2.38. The van der Waals surface area contributed by atoms with Gasteiger partial charge in [-0.25, -0.2) is 13.2 Å². The maximum Gasteiger partial charge on any atom is 0.321 e. The molecule has 0 fully saturated rings. The van der Waals surface area contributed by atoms with Crippen LogP contribution in [0.15, 0.2) is 53.4 Å². The number of hydrogen-bond donors (Lipinski definition) is 4. The van der Waals surface area contributed by atoms with Crippen LogP contribution in [0, 0.1) is 0 Å². The zero-order valence-electron chi connectivity index (χ0n) is 15.6. The van der Waals surface area contributed by atoms with Crippen molar-refractivity contribution in [2.75, 3.05) is 11.9 Å². The molecule has 150 valence electrons. The summed E-state index contributed by atoms with van der Waals surface area (Å²) in [6.45, 7) is 3.77. The van der Waals surface area contributed by atoms with E-state index in [1.54, 1.807) is 36.4 Å². The first-order valence-electron chi connectivity index (χ1n) is 8.73. The lowest BCUT2D eigenvalue weighted by molar-refractivity contribution is -0.138. The Morgan fingerprint density at radius 2 is 1.71 bits per heavy atom. The highest BCUT2D eigenvalue weighted by molar-refractivity contribution is 7.89. The van der Waals surface area contributed by atoms with Crippen LogP contribution in [0.1, 0.15) is 20.3 Å². The average molecular weight is 405 g/mol. The highest BCUT2D eigenvalue weighted by Gasteiger charge is 2.21. The first-order valence-corrected chi connectivity index (χ1v) is 10.2. The number of benzene rings is 2. The van der Waals surface area contributed by atoms with Gasteiger partial charge in [0.15, 0.2) is 0 Å². The fourth-order valence-corrected chi connectivity index (χ4v) is 3.63. The van der Waals surface area contributed by atoms with E-state index in [9.17, 15) is 18.0 Å². The van der Waals surface area contributed by atoms with Crippen molar-refractivity contribution in [2.24, 2.45) is 0 Å². The van der Waals surface area contributed by atoms with Crippen LogP contribution in [0.3, 0.4) is 0 Å². The number of carboxylic acid groups (broad SMARTS) is 1. The van der Waals surface area contributed by atoms with Gasteiger partial charge in [0.05, 0.1) is 4.90 Å². The van der Waals surface area contributed by atoms with E-state index in [0.29, 0.717) is 23.4 Å². The van der Waals surface area contributed by atoms with Crippen LogP contribution < -0.4 is 15.4 Å². The second kappa shape index (κ2) is 9.34. The minimum Gasteiger partial charge on any atom is -0.480 e. The summed E-state index contributed by atoms with van der Waals surface area (Å²) >= 11 is 0. The van der Waals surface area contributed by atoms with E-state index >= 15 is 0 Å². The Bertz CT molecular complexity index is 960. The van der Waals surface area contributed by atoms with Gasteiger partial charge in [0.25, 0.3) is 0 Å². The maximum atomic E-state index is 12.4. The lowest BCUT2D eigenvalue weighted by atomic mass is 10.1. The molecule has 0 spiro atoms. The third-order valence-electron chi connectivity index (χ3n) is 3.84. The molecule has 0 unspecified atom stereocenters. The number of amides is 2. The number of nitrogens with one attached hydrogen (secondary N) is 3. The molecule has 0 saturated heterocycles. The van der Waals surface area contributed by atoms with Crippen molar-refractivity contribution in [3.05, 3.63) is 48.5 Å². The van der Waals surface area contributed by atoms with Crippen molar-refractivity contribution >= 4 is 27.7 Å². The number of urea groups is 1. The molecule has 0 saturated carbocycles. The Kier molecular flexibility index (Phi) is 7.13. The Hall–Kier alpha value is -2.91. The quantitative estimate of drug-likeness (QED) is 0.537. The van der Waals surface area contributed by atoms with Crippen LogP contribution >= 0.6 is 0 Å². The normalized spacial score (nSPS) is 12.2. The Labute approximate surface area is 164 Å². The van der Waals surface area contributed by atoms with Crippen LogP contribution in [-0.4, -0.2) is 38.1 Å². The first-order chi connectivity index (χ1) is 13.2. The molecular weight excluding hydrogens is 382 g/mol. The average Bonchev–Trinajstić information content (AvgIpc) is 2.66. The molecule has 2 rings (SSSR count). The number of hydrogen-bond acceptors (Lipinski definition) is 4. The number of carbonyl (C=O) groups is 2. The predicted molar refractivity (Wildman–Crippen MR) is 107 cm³/mol. The standard InChI is InChI=1S/C19H23N3O5S/c1-3-10-20-19(25)21-16-8-4-6-14(11-16)15-7-5-9-17(12-15)28(26,27)22-13(2)18(23)24/h4-9,11-13,22H,3,10H2,1-2H3,(H,23,24)(H2,20,21,25)/t13-/m1/s1. The van der Waals surface area contributed by atoms with Gasteiger partial charge >= 0.3 is 12.0 Å². The monoisotopic (exact) mass is 405 g/mol. The molecule has 0 aliphatic rings. The molecule has 0 aromatic heterocycles. The molecule has 4 N–H and O–H groups in total. The lowest BCUT2D eigenvalue weighted by Crippen LogP contribution is -2.38. The van der Waals surface area contributed by atoms with E-state index in [-0.39, 0.29) is 10.9 Å². The number of carboxylic acids is 1. The van der Waals surface area contributed by atoms with Crippen molar-refractivity contribution in [3.8, 4) is 11.1 Å². The lowest BCUT2D eigenvalue weighted by Gasteiger charge is -2.12. The van der Waals surface area contributed by atoms with Crippen LogP contribution in [-0.2, 0) is 14.8 Å². The van der Waals surface area contributed by atoms with E-state index in [1.807, 2.05) is 6.92 Å². The topological polar surface area (TPSA) is 125 Å². The van der Waals surface area contributed by atoms with E-state index in [2.05, 4.69) is 15.4 Å². The summed E-state index contributed by atoms with van der Waals surface area (Å²) in [7, 11) is -3.99. The summed E-state index contributed by atoms with van der Waals surface area (Å²) in [4.78, 5) is 22.7. The van der Waals surface area contributed by atoms with Crippen LogP contribution in [0.2, 0.25) is 0 Å². The molecule has 0 radical (unpaired) electrons. The second-order valence-corrected chi connectivity index (χ2v) is 7.88. The molecule has 0 heterocycles. The fraction of sp³-hybridized carbons (Fsp3) is 0.263. The smallest absolute Gasteiger partial charge is 0.321 e. The summed E-state index contributed by atoms with van der Waals surface area (Å²) in [5.74, 6) is -1.26. The minimum atomic E-state index is -3.99. The molecule has 1 atom stereocenters. The van der Waals surface area contributed by atoms with Gasteiger partial charge in [-0.3, -0.25) is 4.79 Å². The largest absolute Gasteiger partial charge is 0.480 e. The SMILES string of the molecule is CCCNC(=O)Nc1cccc(-c2cccc(S(=O)(=O)N[C@H](C)C(=O)O)c2)c1. The zero-order valence-corrected chi connectivity index (χ0v) is 16.4. The molecule has 2 amide bonds. The third-order valence-corrected chi connectivity index (χ3v) is 5.37. The van der Waals surface area contributed by atoms with Crippen LogP contribution in [0.5, 0.6) is 0 Å². The minimum absolute atomic E-state index is 0.0443. The molecule has 0 bridgehead atoms. The van der Waals surface area contributed by atoms with Gasteiger partial charge in [-0.15, -0.1) is 0 Å². The number of rotatable bonds is 8. The van der Waals surface area contributed by atoms with Gasteiger partial charge in [0, 0.05) is 12.2 Å². The molecule has 28 heavy (non-hydrogen) atoms. The van der Waals surface area contributed by atoms with Gasteiger partial charge in [-0.05, 0) is 48.7 Å². The molecule has 9 heteroatoms. The van der Waals surface area contributed by atoms with E-state index < -0.39 is 22.0 Å². The number of aliphatic carboxylic acids is 1. The molecule has 0 aliphatic heterocycles. The highest BCUT2D eigenvalue weighted by Crippen LogP contribution is 2.25. The van der Waals surface area contributed by atoms with E-state index in [4.69, 9.17) is 5.11 Å². The molecule has 8 nitrogen and oxygen atoms in total.